The van der Waals surface area contributed by atoms with E-state index in [9.17, 15) is 14.4 Å². The third kappa shape index (κ3) is 2.98. The molecule has 1 saturated carbocycles. The van der Waals surface area contributed by atoms with Gasteiger partial charge in [-0.05, 0) is 25.3 Å². The summed E-state index contributed by atoms with van der Waals surface area (Å²) in [6, 6.07) is 0.191. The van der Waals surface area contributed by atoms with Crippen LogP contribution in [0.25, 0.3) is 10.2 Å². The van der Waals surface area contributed by atoms with Gasteiger partial charge in [-0.1, -0.05) is 12.8 Å². The Hall–Kier alpha value is -2.22. The van der Waals surface area contributed by atoms with E-state index in [-0.39, 0.29) is 34.3 Å². The molecule has 2 aromatic rings. The number of aryl methyl sites for hydroxylation is 1. The number of aromatic nitrogens is 2. The molecule has 1 aliphatic rings. The maximum atomic E-state index is 12.5. The molecular formula is C15H17N3O4S. The highest BCUT2D eigenvalue weighted by molar-refractivity contribution is 7.20. The van der Waals surface area contributed by atoms with Crippen molar-refractivity contribution in [3.05, 3.63) is 27.1 Å². The largest absolute Gasteiger partial charge is 0.477 e. The lowest BCUT2D eigenvalue weighted by atomic mass is 10.2. The molecule has 2 heterocycles. The number of thiophene rings is 1. The van der Waals surface area contributed by atoms with Crippen LogP contribution in [-0.4, -0.2) is 32.6 Å². The fraction of sp³-hybridized carbons (Fsp3) is 0.467. The van der Waals surface area contributed by atoms with Crippen LogP contribution in [0.5, 0.6) is 0 Å². The van der Waals surface area contributed by atoms with Crippen LogP contribution < -0.4 is 10.9 Å². The van der Waals surface area contributed by atoms with Crippen molar-refractivity contribution >= 4 is 33.4 Å². The zero-order chi connectivity index (χ0) is 16.6. The Morgan fingerprint density at radius 1 is 1.43 bits per heavy atom. The van der Waals surface area contributed by atoms with Crippen molar-refractivity contribution in [1.29, 1.82) is 0 Å². The number of carboxylic acids is 1. The molecule has 23 heavy (non-hydrogen) atoms. The number of nitrogens with one attached hydrogen (secondary N) is 1. The van der Waals surface area contributed by atoms with Crippen molar-refractivity contribution in [3.63, 3.8) is 0 Å². The monoisotopic (exact) mass is 335 g/mol. The van der Waals surface area contributed by atoms with Crippen molar-refractivity contribution in [2.24, 2.45) is 0 Å². The van der Waals surface area contributed by atoms with Gasteiger partial charge in [0.05, 0.1) is 11.7 Å². The molecule has 8 heteroatoms. The van der Waals surface area contributed by atoms with Gasteiger partial charge in [-0.25, -0.2) is 9.78 Å². The van der Waals surface area contributed by atoms with Crippen molar-refractivity contribution in [3.8, 4) is 0 Å². The first-order valence-corrected chi connectivity index (χ1v) is 8.30. The summed E-state index contributed by atoms with van der Waals surface area (Å²) in [6.07, 6.45) is 5.49. The Morgan fingerprint density at radius 2 is 2.13 bits per heavy atom. The molecule has 2 N–H and O–H groups in total. The summed E-state index contributed by atoms with van der Waals surface area (Å²) in [6.45, 7) is 1.49. The van der Waals surface area contributed by atoms with Crippen molar-refractivity contribution in [1.82, 2.24) is 14.9 Å². The van der Waals surface area contributed by atoms with Crippen molar-refractivity contribution in [2.75, 3.05) is 0 Å². The molecule has 3 rings (SSSR count). The first kappa shape index (κ1) is 15.7. The first-order chi connectivity index (χ1) is 11.0. The molecule has 0 spiro atoms. The second-order valence-corrected chi connectivity index (χ2v) is 6.77. The average Bonchev–Trinajstić information content (AvgIpc) is 3.10. The van der Waals surface area contributed by atoms with Gasteiger partial charge in [0.2, 0.25) is 5.91 Å². The summed E-state index contributed by atoms with van der Waals surface area (Å²) >= 11 is 0.975. The van der Waals surface area contributed by atoms with E-state index in [1.54, 1.807) is 6.92 Å². The lowest BCUT2D eigenvalue weighted by Gasteiger charge is -2.12. The van der Waals surface area contributed by atoms with E-state index in [0.29, 0.717) is 10.4 Å². The lowest BCUT2D eigenvalue weighted by Crippen LogP contribution is -2.37. The maximum Gasteiger partial charge on any atom is 0.346 e. The molecule has 0 aliphatic heterocycles. The van der Waals surface area contributed by atoms with Crippen LogP contribution in [0.1, 0.15) is 40.9 Å². The van der Waals surface area contributed by atoms with Crippen LogP contribution in [0.15, 0.2) is 11.1 Å². The van der Waals surface area contributed by atoms with Gasteiger partial charge < -0.3 is 10.4 Å². The number of amides is 1. The smallest absolute Gasteiger partial charge is 0.346 e. The van der Waals surface area contributed by atoms with Gasteiger partial charge in [-0.3, -0.25) is 14.2 Å². The van der Waals surface area contributed by atoms with Crippen LogP contribution in [0.4, 0.5) is 0 Å². The molecule has 0 radical (unpaired) electrons. The summed E-state index contributed by atoms with van der Waals surface area (Å²) in [5.74, 6) is -1.29. The van der Waals surface area contributed by atoms with Crippen molar-refractivity contribution < 1.29 is 14.7 Å². The van der Waals surface area contributed by atoms with E-state index in [2.05, 4.69) is 10.3 Å². The summed E-state index contributed by atoms with van der Waals surface area (Å²) in [7, 11) is 0. The first-order valence-electron chi connectivity index (χ1n) is 7.48. The lowest BCUT2D eigenvalue weighted by molar-refractivity contribution is -0.122. The molecule has 122 valence electrons. The highest BCUT2D eigenvalue weighted by Gasteiger charge is 2.20. The third-order valence-corrected chi connectivity index (χ3v) is 5.33. The molecule has 1 amide bonds. The maximum absolute atomic E-state index is 12.5. The Kier molecular flexibility index (Phi) is 4.16. The molecule has 1 aliphatic carbocycles. The number of hydrogen-bond donors (Lipinski definition) is 2. The number of nitrogens with zero attached hydrogens (tertiary/aromatic N) is 2. The third-order valence-electron chi connectivity index (χ3n) is 4.15. The van der Waals surface area contributed by atoms with Crippen LogP contribution in [0.2, 0.25) is 0 Å². The summed E-state index contributed by atoms with van der Waals surface area (Å²) in [5, 5.41) is 12.3. The van der Waals surface area contributed by atoms with Gasteiger partial charge in [-0.2, -0.15) is 0 Å². The number of carbonyl (C=O) groups is 2. The quantitative estimate of drug-likeness (QED) is 0.882. The Labute approximate surface area is 136 Å². The average molecular weight is 335 g/mol. The second-order valence-electron chi connectivity index (χ2n) is 5.77. The Balaban J connectivity index is 1.88. The van der Waals surface area contributed by atoms with Gasteiger partial charge in [0.1, 0.15) is 16.3 Å². The standard InChI is InChI=1S/C15H17N3O4S/c1-8-11-13(23-12(8)15(21)22)16-7-18(14(11)20)6-10(19)17-9-4-2-3-5-9/h7,9H,2-6H2,1H3,(H,17,19)(H,21,22). The molecule has 2 aromatic heterocycles. The van der Waals surface area contributed by atoms with Crippen LogP contribution in [0, 0.1) is 6.92 Å². The number of carboxylic acid groups (broad SMARTS) is 1. The molecule has 0 unspecified atom stereocenters. The fourth-order valence-corrected chi connectivity index (χ4v) is 3.95. The minimum Gasteiger partial charge on any atom is -0.477 e. The minimum atomic E-state index is -1.07. The number of hydrogen-bond acceptors (Lipinski definition) is 5. The van der Waals surface area contributed by atoms with Gasteiger partial charge >= 0.3 is 5.97 Å². The fourth-order valence-electron chi connectivity index (χ4n) is 2.97. The second kappa shape index (κ2) is 6.11. The minimum absolute atomic E-state index is 0.101. The zero-order valence-corrected chi connectivity index (χ0v) is 13.5. The highest BCUT2D eigenvalue weighted by Crippen LogP contribution is 2.26. The van der Waals surface area contributed by atoms with Crippen LogP contribution in [-0.2, 0) is 11.3 Å². The molecule has 7 nitrogen and oxygen atoms in total. The van der Waals surface area contributed by atoms with Crippen LogP contribution >= 0.6 is 11.3 Å². The highest BCUT2D eigenvalue weighted by atomic mass is 32.1. The summed E-state index contributed by atoms with van der Waals surface area (Å²) in [4.78, 5) is 40.4. The topological polar surface area (TPSA) is 101 Å². The summed E-state index contributed by atoms with van der Waals surface area (Å²) in [5.41, 5.74) is 0.0263. The van der Waals surface area contributed by atoms with Gasteiger partial charge in [0.15, 0.2) is 0 Å². The molecule has 0 aromatic carbocycles. The number of carbonyl (C=O) groups excluding carboxylic acids is 1. The van der Waals surface area contributed by atoms with Gasteiger partial charge in [0, 0.05) is 6.04 Å². The molecule has 0 bridgehead atoms. The van der Waals surface area contributed by atoms with E-state index >= 15 is 0 Å². The molecule has 0 saturated heterocycles. The Morgan fingerprint density at radius 3 is 2.78 bits per heavy atom. The predicted octanol–water partition coefficient (Wildman–Crippen LogP) is 1.52. The number of aromatic carboxylic acids is 1. The van der Waals surface area contributed by atoms with Crippen molar-refractivity contribution in [2.45, 2.75) is 45.2 Å². The van der Waals surface area contributed by atoms with E-state index in [4.69, 9.17) is 5.11 Å². The molecular weight excluding hydrogens is 318 g/mol. The normalized spacial score (nSPS) is 15.2. The molecule has 0 atom stereocenters. The van der Waals surface area contributed by atoms with E-state index in [0.717, 1.165) is 37.0 Å². The number of rotatable bonds is 4. The summed E-state index contributed by atoms with van der Waals surface area (Å²) < 4.78 is 1.23. The van der Waals surface area contributed by atoms with Gasteiger partial charge in [0.25, 0.3) is 5.56 Å². The zero-order valence-electron chi connectivity index (χ0n) is 12.7. The van der Waals surface area contributed by atoms with E-state index in [1.165, 1.54) is 10.9 Å². The van der Waals surface area contributed by atoms with Gasteiger partial charge in [-0.15, -0.1) is 11.3 Å². The van der Waals surface area contributed by atoms with E-state index < -0.39 is 5.97 Å². The van der Waals surface area contributed by atoms with E-state index in [1.807, 2.05) is 0 Å². The number of fused-ring (bicyclic) bond motifs is 1. The van der Waals surface area contributed by atoms with Crippen LogP contribution in [0.3, 0.4) is 0 Å². The molecule has 1 fully saturated rings. The predicted molar refractivity (Wildman–Crippen MR) is 86.0 cm³/mol. The Bertz CT molecular complexity index is 833. The SMILES string of the molecule is Cc1c(C(=O)O)sc2ncn(CC(=O)NC3CCCC3)c(=O)c12.